The molecule has 156 valence electrons. The third kappa shape index (κ3) is 2.95. The number of benzene rings is 3. The lowest BCUT2D eigenvalue weighted by Gasteiger charge is -2.12. The molecule has 7 nitrogen and oxygen atoms in total. The molecule has 0 aliphatic heterocycles. The van der Waals surface area contributed by atoms with Crippen molar-refractivity contribution in [1.82, 2.24) is 20.0 Å². The maximum atomic E-state index is 13.7. The maximum Gasteiger partial charge on any atom is 0.272 e. The lowest BCUT2D eigenvalue weighted by atomic mass is 9.93. The number of hydrogen-bond acceptors (Lipinski definition) is 5. The van der Waals surface area contributed by atoms with E-state index in [2.05, 4.69) is 21.4 Å². The van der Waals surface area contributed by atoms with Crippen LogP contribution < -0.4 is 11.3 Å². The van der Waals surface area contributed by atoms with Gasteiger partial charge in [0.05, 0.1) is 28.5 Å². The smallest absolute Gasteiger partial charge is 0.272 e. The van der Waals surface area contributed by atoms with Gasteiger partial charge in [0.2, 0.25) is 0 Å². The summed E-state index contributed by atoms with van der Waals surface area (Å²) in [5.41, 5.74) is 9.57. The van der Waals surface area contributed by atoms with Gasteiger partial charge in [0.25, 0.3) is 5.56 Å². The first-order valence-corrected chi connectivity index (χ1v) is 9.88. The van der Waals surface area contributed by atoms with E-state index >= 15 is 0 Å². The number of nitriles is 1. The van der Waals surface area contributed by atoms with E-state index in [-0.39, 0.29) is 17.9 Å². The molecular weight excluding hydrogens is 407 g/mol. The zero-order valence-corrected chi connectivity index (χ0v) is 17.1. The number of nitrogens with two attached hydrogens (primary N) is 1. The van der Waals surface area contributed by atoms with Crippen LogP contribution in [0, 0.1) is 17.1 Å². The molecule has 5 aromatic rings. The monoisotopic (exact) mass is 424 g/mol. The van der Waals surface area contributed by atoms with Crippen LogP contribution in [-0.2, 0) is 13.6 Å². The van der Waals surface area contributed by atoms with Crippen LogP contribution in [0.15, 0.2) is 59.5 Å². The van der Waals surface area contributed by atoms with Crippen molar-refractivity contribution in [2.24, 2.45) is 12.8 Å². The molecule has 0 unspecified atom stereocenters. The van der Waals surface area contributed by atoms with Crippen LogP contribution in [0.1, 0.15) is 11.3 Å². The fourth-order valence-electron chi connectivity index (χ4n) is 4.13. The second-order valence-corrected chi connectivity index (χ2v) is 7.46. The predicted octanol–water partition coefficient (Wildman–Crippen LogP) is 3.61. The molecule has 2 heterocycles. The molecule has 0 saturated heterocycles. The van der Waals surface area contributed by atoms with Gasteiger partial charge in [0.1, 0.15) is 11.9 Å². The average molecular weight is 424 g/mol. The van der Waals surface area contributed by atoms with Crippen molar-refractivity contribution < 1.29 is 4.39 Å². The Bertz CT molecular complexity index is 1630. The third-order valence-electron chi connectivity index (χ3n) is 5.66. The van der Waals surface area contributed by atoms with Gasteiger partial charge >= 0.3 is 0 Å². The number of rotatable bonds is 3. The molecule has 32 heavy (non-hydrogen) atoms. The van der Waals surface area contributed by atoms with E-state index in [4.69, 9.17) is 5.73 Å². The van der Waals surface area contributed by atoms with Crippen molar-refractivity contribution in [1.29, 1.82) is 5.26 Å². The highest BCUT2D eigenvalue weighted by Crippen LogP contribution is 2.37. The van der Waals surface area contributed by atoms with E-state index in [0.717, 1.165) is 16.8 Å². The molecule has 0 spiro atoms. The third-order valence-corrected chi connectivity index (χ3v) is 5.66. The largest absolute Gasteiger partial charge is 0.325 e. The Morgan fingerprint density at radius 1 is 1.09 bits per heavy atom. The molecule has 0 aliphatic rings. The summed E-state index contributed by atoms with van der Waals surface area (Å²) in [7, 11) is 1.80. The van der Waals surface area contributed by atoms with E-state index in [1.165, 1.54) is 12.1 Å². The molecule has 0 atom stereocenters. The first-order valence-electron chi connectivity index (χ1n) is 9.88. The summed E-state index contributed by atoms with van der Waals surface area (Å²) < 4.78 is 15.4. The number of aryl methyl sites for hydroxylation is 1. The van der Waals surface area contributed by atoms with Crippen LogP contribution in [0.25, 0.3) is 43.9 Å². The Morgan fingerprint density at radius 3 is 2.69 bits per heavy atom. The number of nitrogens with one attached hydrogen (secondary N) is 1. The molecule has 0 fully saturated rings. The second kappa shape index (κ2) is 7.41. The van der Waals surface area contributed by atoms with Crippen LogP contribution in [0.5, 0.6) is 0 Å². The van der Waals surface area contributed by atoms with Crippen molar-refractivity contribution >= 4 is 21.5 Å². The first kappa shape index (κ1) is 19.6. The van der Waals surface area contributed by atoms with E-state index in [1.54, 1.807) is 42.2 Å². The Morgan fingerprint density at radius 2 is 1.91 bits per heavy atom. The minimum absolute atomic E-state index is 0.177. The number of halogens is 1. The molecule has 2 aromatic heterocycles. The Kier molecular flexibility index (Phi) is 4.54. The number of nitrogens with zero attached hydrogens (tertiary/aromatic N) is 4. The van der Waals surface area contributed by atoms with Crippen molar-refractivity contribution in [2.45, 2.75) is 6.54 Å². The standard InChI is InChI=1S/C24H17FN6O/c1-31-23(17-5-2-13-8-15(25)4-7-16(13)20(17)10-26)21(12-28-31)14-3-6-18-19(9-14)22(11-27)29-30-24(18)32/h2-9,12H,11,27H2,1H3,(H,30,32). The maximum absolute atomic E-state index is 13.7. The summed E-state index contributed by atoms with van der Waals surface area (Å²) >= 11 is 0. The summed E-state index contributed by atoms with van der Waals surface area (Å²) in [6.45, 7) is 0.177. The lowest BCUT2D eigenvalue weighted by Crippen LogP contribution is -2.13. The van der Waals surface area contributed by atoms with Crippen molar-refractivity contribution in [2.75, 3.05) is 0 Å². The predicted molar refractivity (Wildman–Crippen MR) is 120 cm³/mol. The van der Waals surface area contributed by atoms with Crippen LogP contribution >= 0.6 is 0 Å². The first-order chi connectivity index (χ1) is 15.5. The van der Waals surface area contributed by atoms with Crippen LogP contribution in [-0.4, -0.2) is 20.0 Å². The Balaban J connectivity index is 1.78. The molecule has 0 amide bonds. The fraction of sp³-hybridized carbons (Fsp3) is 0.0833. The van der Waals surface area contributed by atoms with E-state index < -0.39 is 0 Å². The fourth-order valence-corrected chi connectivity index (χ4v) is 4.13. The van der Waals surface area contributed by atoms with Crippen LogP contribution in [0.4, 0.5) is 4.39 Å². The summed E-state index contributed by atoms with van der Waals surface area (Å²) in [5.74, 6) is -0.356. The van der Waals surface area contributed by atoms with Gasteiger partial charge < -0.3 is 5.73 Å². The average Bonchev–Trinajstić information content (AvgIpc) is 3.19. The molecule has 0 saturated carbocycles. The molecule has 3 N–H and O–H groups in total. The number of aromatic nitrogens is 4. The molecular formula is C24H17FN6O. The van der Waals surface area contributed by atoms with E-state index in [0.29, 0.717) is 38.4 Å². The van der Waals surface area contributed by atoms with Gasteiger partial charge in [-0.3, -0.25) is 9.48 Å². The summed E-state index contributed by atoms with van der Waals surface area (Å²) in [6, 6.07) is 15.7. The van der Waals surface area contributed by atoms with Gasteiger partial charge in [-0.15, -0.1) is 0 Å². The minimum atomic E-state index is -0.356. The number of H-pyrrole nitrogens is 1. The zero-order chi connectivity index (χ0) is 22.4. The highest BCUT2D eigenvalue weighted by Gasteiger charge is 2.19. The molecule has 0 bridgehead atoms. The van der Waals surface area contributed by atoms with Gasteiger partial charge in [-0.1, -0.05) is 24.3 Å². The Hall–Kier alpha value is -4.35. The molecule has 3 aromatic carbocycles. The van der Waals surface area contributed by atoms with E-state index in [1.807, 2.05) is 12.1 Å². The summed E-state index contributed by atoms with van der Waals surface area (Å²) in [5, 5.41) is 23.4. The Labute approximate surface area is 181 Å². The number of fused-ring (bicyclic) bond motifs is 2. The number of aromatic amines is 1. The quantitative estimate of drug-likeness (QED) is 0.459. The second-order valence-electron chi connectivity index (χ2n) is 7.46. The van der Waals surface area contributed by atoms with Crippen LogP contribution in [0.2, 0.25) is 0 Å². The molecule has 0 radical (unpaired) electrons. The van der Waals surface area contributed by atoms with Crippen molar-refractivity contribution in [3.63, 3.8) is 0 Å². The highest BCUT2D eigenvalue weighted by molar-refractivity contribution is 5.97. The minimum Gasteiger partial charge on any atom is -0.325 e. The van der Waals surface area contributed by atoms with Crippen molar-refractivity contribution in [3.8, 4) is 28.5 Å². The van der Waals surface area contributed by atoms with Gasteiger partial charge in [0, 0.05) is 35.5 Å². The zero-order valence-electron chi connectivity index (χ0n) is 17.1. The van der Waals surface area contributed by atoms with Gasteiger partial charge in [0.15, 0.2) is 0 Å². The molecule has 8 heteroatoms. The van der Waals surface area contributed by atoms with Gasteiger partial charge in [-0.25, -0.2) is 9.49 Å². The molecule has 5 rings (SSSR count). The molecule has 0 aliphatic carbocycles. The number of hydrogen-bond donors (Lipinski definition) is 2. The lowest BCUT2D eigenvalue weighted by molar-refractivity contribution is 0.630. The normalized spacial score (nSPS) is 11.2. The topological polar surface area (TPSA) is 113 Å². The van der Waals surface area contributed by atoms with Gasteiger partial charge in [-0.2, -0.15) is 15.5 Å². The van der Waals surface area contributed by atoms with Crippen molar-refractivity contribution in [3.05, 3.63) is 82.2 Å². The van der Waals surface area contributed by atoms with Crippen LogP contribution in [0.3, 0.4) is 0 Å². The summed E-state index contributed by atoms with van der Waals surface area (Å²) in [4.78, 5) is 12.2. The summed E-state index contributed by atoms with van der Waals surface area (Å²) in [6.07, 6.45) is 1.72. The van der Waals surface area contributed by atoms with Gasteiger partial charge in [-0.05, 0) is 35.2 Å². The van der Waals surface area contributed by atoms with E-state index in [9.17, 15) is 14.4 Å². The SMILES string of the molecule is Cn1ncc(-c2ccc3c(=O)[nH]nc(CN)c3c2)c1-c1ccc2cc(F)ccc2c1C#N. The highest BCUT2D eigenvalue weighted by atomic mass is 19.1.